The number of nitrogens with one attached hydrogen (secondary N) is 1. The maximum Gasteiger partial charge on any atom is 0.343 e. The van der Waals surface area contributed by atoms with Crippen LogP contribution in [0, 0.1) is 0 Å². The molecule has 0 spiro atoms. The van der Waals surface area contributed by atoms with Gasteiger partial charge in [0.1, 0.15) is 11.3 Å². The molecule has 27 heavy (non-hydrogen) atoms. The SMILES string of the molecule is CCOC(=O)c1c[nH]c(-c2cc(OC)c(OCCCOC)cc2O)cc1=O. The van der Waals surface area contributed by atoms with Crippen molar-refractivity contribution in [3.05, 3.63) is 40.2 Å². The molecule has 0 bridgehead atoms. The van der Waals surface area contributed by atoms with Crippen molar-refractivity contribution >= 4 is 5.97 Å². The Labute approximate surface area is 156 Å². The molecule has 0 unspecified atom stereocenters. The zero-order valence-corrected chi connectivity index (χ0v) is 15.5. The van der Waals surface area contributed by atoms with E-state index in [-0.39, 0.29) is 17.9 Å². The van der Waals surface area contributed by atoms with Crippen LogP contribution in [0.4, 0.5) is 0 Å². The molecule has 0 aliphatic carbocycles. The minimum absolute atomic E-state index is 0.0999. The maximum atomic E-state index is 12.2. The van der Waals surface area contributed by atoms with Gasteiger partial charge in [-0.05, 0) is 13.0 Å². The average Bonchev–Trinajstić information content (AvgIpc) is 2.65. The maximum absolute atomic E-state index is 12.2. The largest absolute Gasteiger partial charge is 0.507 e. The lowest BCUT2D eigenvalue weighted by Crippen LogP contribution is -2.17. The van der Waals surface area contributed by atoms with Crippen LogP contribution in [0.5, 0.6) is 17.2 Å². The third-order valence-electron chi connectivity index (χ3n) is 3.73. The van der Waals surface area contributed by atoms with Gasteiger partial charge < -0.3 is 29.0 Å². The standard InChI is InChI=1S/C19H23NO7/c1-4-26-19(23)13-11-20-14(9-15(13)21)12-8-17(25-3)18(10-16(12)22)27-7-5-6-24-2/h8-11,22H,4-7H2,1-3H3,(H,20,21). The molecule has 2 rings (SSSR count). The molecule has 0 aliphatic rings. The van der Waals surface area contributed by atoms with E-state index in [0.717, 1.165) is 0 Å². The highest BCUT2D eigenvalue weighted by Gasteiger charge is 2.16. The number of aromatic amines is 1. The number of phenolic OH excluding ortho intramolecular Hbond substituents is 1. The van der Waals surface area contributed by atoms with Gasteiger partial charge >= 0.3 is 5.97 Å². The van der Waals surface area contributed by atoms with Gasteiger partial charge in [0.05, 0.1) is 26.0 Å². The third kappa shape index (κ3) is 5.01. The molecule has 8 nitrogen and oxygen atoms in total. The number of rotatable bonds is 9. The number of benzene rings is 1. The summed E-state index contributed by atoms with van der Waals surface area (Å²) in [6.45, 7) is 2.78. The molecule has 0 fully saturated rings. The number of carbonyl (C=O) groups is 1. The Hall–Kier alpha value is -3.00. The molecule has 1 aromatic carbocycles. The molecule has 2 aromatic rings. The topological polar surface area (TPSA) is 107 Å². The Morgan fingerprint density at radius 3 is 2.56 bits per heavy atom. The first-order valence-corrected chi connectivity index (χ1v) is 8.44. The van der Waals surface area contributed by atoms with Crippen molar-refractivity contribution in [1.82, 2.24) is 4.98 Å². The Morgan fingerprint density at radius 1 is 1.15 bits per heavy atom. The van der Waals surface area contributed by atoms with Crippen molar-refractivity contribution in [2.24, 2.45) is 0 Å². The van der Waals surface area contributed by atoms with Crippen LogP contribution < -0.4 is 14.9 Å². The van der Waals surface area contributed by atoms with Crippen LogP contribution in [-0.4, -0.2) is 50.1 Å². The lowest BCUT2D eigenvalue weighted by Gasteiger charge is -2.14. The van der Waals surface area contributed by atoms with Crippen molar-refractivity contribution in [3.63, 3.8) is 0 Å². The highest BCUT2D eigenvalue weighted by atomic mass is 16.5. The molecular weight excluding hydrogens is 354 g/mol. The zero-order valence-electron chi connectivity index (χ0n) is 15.5. The molecule has 146 valence electrons. The van der Waals surface area contributed by atoms with Crippen molar-refractivity contribution in [2.45, 2.75) is 13.3 Å². The normalized spacial score (nSPS) is 10.5. The lowest BCUT2D eigenvalue weighted by atomic mass is 10.1. The lowest BCUT2D eigenvalue weighted by molar-refractivity contribution is 0.0524. The van der Waals surface area contributed by atoms with Crippen LogP contribution in [0.15, 0.2) is 29.2 Å². The number of phenols is 1. The van der Waals surface area contributed by atoms with Crippen LogP contribution in [0.1, 0.15) is 23.7 Å². The summed E-state index contributed by atoms with van der Waals surface area (Å²) in [6, 6.07) is 4.19. The first kappa shape index (κ1) is 20.3. The number of esters is 1. The van der Waals surface area contributed by atoms with E-state index in [4.69, 9.17) is 18.9 Å². The number of hydrogen-bond donors (Lipinski definition) is 2. The van der Waals surface area contributed by atoms with Crippen molar-refractivity contribution in [1.29, 1.82) is 0 Å². The molecule has 8 heteroatoms. The number of methoxy groups -OCH3 is 2. The monoisotopic (exact) mass is 377 g/mol. The summed E-state index contributed by atoms with van der Waals surface area (Å²) < 4.78 is 20.7. The number of H-pyrrole nitrogens is 1. The fourth-order valence-corrected chi connectivity index (χ4v) is 2.42. The fraction of sp³-hybridized carbons (Fsp3) is 0.368. The number of aromatic nitrogens is 1. The van der Waals surface area contributed by atoms with Gasteiger partial charge in [0.15, 0.2) is 16.9 Å². The van der Waals surface area contributed by atoms with E-state index in [9.17, 15) is 14.7 Å². The van der Waals surface area contributed by atoms with Crippen LogP contribution in [-0.2, 0) is 9.47 Å². The van der Waals surface area contributed by atoms with Crippen LogP contribution in [0.25, 0.3) is 11.3 Å². The van der Waals surface area contributed by atoms with E-state index in [1.165, 1.54) is 25.4 Å². The summed E-state index contributed by atoms with van der Waals surface area (Å²) in [5.41, 5.74) is 0.0454. The molecule has 1 heterocycles. The Kier molecular flexibility index (Phi) is 7.25. The van der Waals surface area contributed by atoms with Gasteiger partial charge in [-0.15, -0.1) is 0 Å². The van der Waals surface area contributed by atoms with E-state index in [1.807, 2.05) is 0 Å². The molecule has 2 N–H and O–H groups in total. The fourth-order valence-electron chi connectivity index (χ4n) is 2.42. The van der Waals surface area contributed by atoms with Gasteiger partial charge in [-0.1, -0.05) is 0 Å². The number of pyridine rings is 1. The summed E-state index contributed by atoms with van der Waals surface area (Å²) in [5.74, 6) is -0.0279. The van der Waals surface area contributed by atoms with Crippen molar-refractivity contribution in [2.75, 3.05) is 34.0 Å². The number of aromatic hydroxyl groups is 1. The van der Waals surface area contributed by atoms with Gasteiger partial charge in [-0.3, -0.25) is 4.79 Å². The second-order valence-electron chi connectivity index (χ2n) is 5.56. The van der Waals surface area contributed by atoms with E-state index in [1.54, 1.807) is 20.1 Å². The second-order valence-corrected chi connectivity index (χ2v) is 5.56. The summed E-state index contributed by atoms with van der Waals surface area (Å²) in [6.07, 6.45) is 1.95. The Balaban J connectivity index is 2.31. The van der Waals surface area contributed by atoms with Crippen LogP contribution in [0.3, 0.4) is 0 Å². The molecule has 0 atom stereocenters. The van der Waals surface area contributed by atoms with Gasteiger partial charge in [0.2, 0.25) is 0 Å². The Morgan fingerprint density at radius 2 is 1.93 bits per heavy atom. The predicted molar refractivity (Wildman–Crippen MR) is 98.7 cm³/mol. The highest BCUT2D eigenvalue weighted by Crippen LogP contribution is 2.38. The quantitative estimate of drug-likeness (QED) is 0.510. The molecule has 0 aliphatic heterocycles. The average molecular weight is 377 g/mol. The molecule has 0 amide bonds. The first-order valence-electron chi connectivity index (χ1n) is 8.44. The summed E-state index contributed by atoms with van der Waals surface area (Å²) >= 11 is 0. The van der Waals surface area contributed by atoms with Gasteiger partial charge in [-0.2, -0.15) is 0 Å². The van der Waals surface area contributed by atoms with E-state index < -0.39 is 11.4 Å². The number of carbonyl (C=O) groups excluding carboxylic acids is 1. The van der Waals surface area contributed by atoms with Gasteiger partial charge in [0.25, 0.3) is 0 Å². The first-order chi connectivity index (χ1) is 13.0. The molecular formula is C19H23NO7. The molecule has 0 saturated carbocycles. The van der Waals surface area contributed by atoms with Crippen LogP contribution >= 0.6 is 0 Å². The molecule has 0 radical (unpaired) electrons. The van der Waals surface area contributed by atoms with Crippen molar-refractivity contribution < 1.29 is 28.8 Å². The molecule has 0 saturated heterocycles. The minimum Gasteiger partial charge on any atom is -0.507 e. The highest BCUT2D eigenvalue weighted by molar-refractivity contribution is 5.89. The zero-order chi connectivity index (χ0) is 19.8. The van der Waals surface area contributed by atoms with E-state index in [0.29, 0.717) is 42.4 Å². The van der Waals surface area contributed by atoms with E-state index in [2.05, 4.69) is 4.98 Å². The predicted octanol–water partition coefficient (Wildman–Crippen LogP) is 2.35. The van der Waals surface area contributed by atoms with Gasteiger partial charge in [-0.25, -0.2) is 4.79 Å². The summed E-state index contributed by atoms with van der Waals surface area (Å²) in [4.78, 5) is 26.8. The van der Waals surface area contributed by atoms with E-state index >= 15 is 0 Å². The third-order valence-corrected chi connectivity index (χ3v) is 3.73. The molecule has 1 aromatic heterocycles. The Bertz CT molecular complexity index is 844. The summed E-state index contributed by atoms with van der Waals surface area (Å²) in [7, 11) is 3.08. The van der Waals surface area contributed by atoms with Crippen LogP contribution in [0.2, 0.25) is 0 Å². The summed E-state index contributed by atoms with van der Waals surface area (Å²) in [5, 5.41) is 10.3. The van der Waals surface area contributed by atoms with Crippen molar-refractivity contribution in [3.8, 4) is 28.5 Å². The van der Waals surface area contributed by atoms with Gasteiger partial charge in [0, 0.05) is 44.0 Å². The smallest absolute Gasteiger partial charge is 0.343 e. The number of hydrogen-bond acceptors (Lipinski definition) is 7. The second kappa shape index (κ2) is 9.63. The minimum atomic E-state index is -0.702. The number of ether oxygens (including phenoxy) is 4.